The van der Waals surface area contributed by atoms with Crippen molar-refractivity contribution in [3.63, 3.8) is 0 Å². The van der Waals surface area contributed by atoms with Crippen LogP contribution in [0, 0.1) is 6.92 Å². The van der Waals surface area contributed by atoms with E-state index in [1.165, 1.54) is 11.1 Å². The van der Waals surface area contributed by atoms with Gasteiger partial charge < -0.3 is 0 Å². The molecule has 1 heteroatoms. The van der Waals surface area contributed by atoms with Gasteiger partial charge in [0.05, 0.1) is 0 Å². The monoisotopic (exact) mass is 185 g/mol. The molecule has 0 fully saturated rings. The molecule has 0 aliphatic rings. The van der Waals surface area contributed by atoms with Gasteiger partial charge in [-0.05, 0) is 0 Å². The third-order valence-electron chi connectivity index (χ3n) is 1.25. The average molecular weight is 184 g/mol. The van der Waals surface area contributed by atoms with Crippen molar-refractivity contribution >= 4 is 16.0 Å². The van der Waals surface area contributed by atoms with Crippen LogP contribution < -0.4 is 0 Å². The van der Waals surface area contributed by atoms with E-state index >= 15 is 0 Å². The molecule has 1 rings (SSSR count). The van der Waals surface area contributed by atoms with Crippen molar-refractivity contribution in [2.75, 3.05) is 0 Å². The molecule has 0 bridgehead atoms. The summed E-state index contributed by atoms with van der Waals surface area (Å²) in [4.78, 5) is 0. The fourth-order valence-corrected chi connectivity index (χ4v) is 1.18. The first kappa shape index (κ1) is 6.85. The van der Waals surface area contributed by atoms with Crippen LogP contribution in [-0.4, -0.2) is 16.0 Å². The Morgan fingerprint density at radius 1 is 1.44 bits per heavy atom. The Morgan fingerprint density at radius 3 is 2.67 bits per heavy atom. The van der Waals surface area contributed by atoms with Crippen LogP contribution in [0.15, 0.2) is 24.3 Å². The molecule has 0 atom stereocenters. The maximum absolute atomic E-state index is 2.99. The Bertz CT molecular complexity index is 194. The third kappa shape index (κ3) is 1.85. The fraction of sp³-hybridized carbons (Fsp3) is 0.250. The summed E-state index contributed by atoms with van der Waals surface area (Å²) in [6.45, 7) is 2.11. The topological polar surface area (TPSA) is 0 Å². The number of hydrogen-bond acceptors (Lipinski definition) is 0. The Kier molecular flexibility index (Phi) is 2.32. The molecule has 0 aromatic heterocycles. The van der Waals surface area contributed by atoms with E-state index in [0.717, 1.165) is 5.32 Å². The molecule has 0 saturated carbocycles. The second-order valence-electron chi connectivity index (χ2n) is 2.13. The van der Waals surface area contributed by atoms with Gasteiger partial charge in [-0.15, -0.1) is 0 Å². The van der Waals surface area contributed by atoms with Crippen LogP contribution >= 0.6 is 0 Å². The van der Waals surface area contributed by atoms with E-state index in [1.807, 2.05) is 0 Å². The number of benzene rings is 1. The van der Waals surface area contributed by atoms with Crippen molar-refractivity contribution in [2.24, 2.45) is 0 Å². The fourth-order valence-electron chi connectivity index (χ4n) is 0.802. The van der Waals surface area contributed by atoms with Crippen LogP contribution in [0.3, 0.4) is 0 Å². The molecule has 0 unspecified atom stereocenters. The Morgan fingerprint density at radius 2 is 2.22 bits per heavy atom. The first-order valence-electron chi connectivity index (χ1n) is 2.96. The van der Waals surface area contributed by atoms with E-state index in [0.29, 0.717) is 0 Å². The average Bonchev–Trinajstić information content (AvgIpc) is 1.88. The van der Waals surface area contributed by atoms with Gasteiger partial charge >= 0.3 is 63.6 Å². The van der Waals surface area contributed by atoms with Crippen molar-refractivity contribution in [2.45, 2.75) is 12.2 Å². The predicted molar refractivity (Wildman–Crippen MR) is 40.6 cm³/mol. The summed E-state index contributed by atoms with van der Waals surface area (Å²) in [6.07, 6.45) is 0. The zero-order valence-corrected chi connectivity index (χ0v) is 7.14. The molecule has 0 spiro atoms. The summed E-state index contributed by atoms with van der Waals surface area (Å²) in [5.41, 5.74) is 2.71. The van der Waals surface area contributed by atoms with Gasteiger partial charge in [0.15, 0.2) is 0 Å². The molecule has 9 heavy (non-hydrogen) atoms. The van der Waals surface area contributed by atoms with Crippen LogP contribution in [0.25, 0.3) is 0 Å². The van der Waals surface area contributed by atoms with Crippen molar-refractivity contribution in [1.82, 2.24) is 0 Å². The van der Waals surface area contributed by atoms with Crippen LogP contribution in [0.4, 0.5) is 0 Å². The number of aryl methyl sites for hydroxylation is 1. The molecule has 0 aliphatic carbocycles. The van der Waals surface area contributed by atoms with E-state index in [9.17, 15) is 0 Å². The minimum absolute atomic E-state index is 1.02. The van der Waals surface area contributed by atoms with Gasteiger partial charge in [-0.3, -0.25) is 0 Å². The van der Waals surface area contributed by atoms with E-state index < -0.39 is 0 Å². The summed E-state index contributed by atoms with van der Waals surface area (Å²) in [5.74, 6) is 0. The first-order valence-corrected chi connectivity index (χ1v) is 4.17. The summed E-state index contributed by atoms with van der Waals surface area (Å²) in [5, 5.41) is 1.02. The number of rotatable bonds is 1. The molecule has 1 radical (unpaired) electrons. The Labute approximate surface area is 64.1 Å². The molecule has 0 aliphatic heterocycles. The van der Waals surface area contributed by atoms with Gasteiger partial charge in [-0.25, -0.2) is 0 Å². The molecule has 0 N–H and O–H groups in total. The molecule has 1 aromatic carbocycles. The maximum atomic E-state index is 2.99. The molecule has 0 amide bonds. The second kappa shape index (κ2) is 3.05. The zero-order valence-electron chi connectivity index (χ0n) is 5.42. The zero-order chi connectivity index (χ0) is 6.69. The van der Waals surface area contributed by atoms with Gasteiger partial charge in [-0.1, -0.05) is 0 Å². The molecule has 0 heterocycles. The number of hydrogen-bond donors (Lipinski definition) is 0. The van der Waals surface area contributed by atoms with E-state index in [4.69, 9.17) is 0 Å². The Balaban J connectivity index is 2.94. The summed E-state index contributed by atoms with van der Waals surface area (Å²) in [7, 11) is 0. The third-order valence-corrected chi connectivity index (χ3v) is 1.95. The van der Waals surface area contributed by atoms with Crippen molar-refractivity contribution in [1.29, 1.82) is 0 Å². The molecule has 47 valence electrons. The van der Waals surface area contributed by atoms with Gasteiger partial charge in [0.2, 0.25) is 0 Å². The molecule has 1 aromatic rings. The quantitative estimate of drug-likeness (QED) is 0.582. The minimum atomic E-state index is 1.02. The molecule has 0 nitrogen and oxygen atoms in total. The van der Waals surface area contributed by atoms with Gasteiger partial charge in [0.1, 0.15) is 0 Å². The van der Waals surface area contributed by atoms with E-state index in [1.54, 1.807) is 0 Å². The van der Waals surface area contributed by atoms with Crippen LogP contribution in [0.5, 0.6) is 0 Å². The summed E-state index contributed by atoms with van der Waals surface area (Å²) < 4.78 is 0. The van der Waals surface area contributed by atoms with Crippen LogP contribution in [0.2, 0.25) is 0 Å². The Hall–Kier alpha value is -0.261. The van der Waals surface area contributed by atoms with Gasteiger partial charge in [0.25, 0.3) is 0 Å². The van der Waals surface area contributed by atoms with Crippen LogP contribution in [0.1, 0.15) is 11.1 Å². The summed E-state index contributed by atoms with van der Waals surface area (Å²) in [6, 6.07) is 8.52. The summed E-state index contributed by atoms with van der Waals surface area (Å²) >= 11 is 2.99. The first-order chi connectivity index (χ1) is 4.33. The van der Waals surface area contributed by atoms with Crippen molar-refractivity contribution in [3.8, 4) is 0 Å². The normalized spacial score (nSPS) is 9.56. The van der Waals surface area contributed by atoms with E-state index in [2.05, 4.69) is 47.2 Å². The van der Waals surface area contributed by atoms with Gasteiger partial charge in [0, 0.05) is 0 Å². The second-order valence-corrected chi connectivity index (χ2v) is 2.74. The predicted octanol–water partition coefficient (Wildman–Crippen LogP) is 1.66. The van der Waals surface area contributed by atoms with E-state index in [-0.39, 0.29) is 0 Å². The molecular formula is C8H9Se. The SMILES string of the molecule is Cc1cccc(C[Se])c1. The molecule has 0 saturated heterocycles. The molecular weight excluding hydrogens is 175 g/mol. The standard InChI is InChI=1S/C8H9Se/c1-7-3-2-4-8(5-7)6-9/h2-5H,6H2,1H3. The van der Waals surface area contributed by atoms with Crippen molar-refractivity contribution in [3.05, 3.63) is 35.4 Å². The van der Waals surface area contributed by atoms with Gasteiger partial charge in [-0.2, -0.15) is 0 Å². The van der Waals surface area contributed by atoms with Crippen LogP contribution in [-0.2, 0) is 5.32 Å². The van der Waals surface area contributed by atoms with Crippen molar-refractivity contribution < 1.29 is 0 Å².